The zero-order valence-electron chi connectivity index (χ0n) is 9.65. The van der Waals surface area contributed by atoms with E-state index < -0.39 is 0 Å². The monoisotopic (exact) mass is 195 g/mol. The Hall–Kier alpha value is -0.0400. The van der Waals surface area contributed by atoms with E-state index in [0.29, 0.717) is 0 Å². The van der Waals surface area contributed by atoms with Gasteiger partial charge in [-0.1, -0.05) is 26.2 Å². The van der Waals surface area contributed by atoms with E-state index >= 15 is 0 Å². The van der Waals surface area contributed by atoms with Crippen molar-refractivity contribution >= 4 is 0 Å². The Kier molecular flexibility index (Phi) is 3.48. The molecule has 0 aromatic rings. The minimum atomic E-state index is 0.796. The van der Waals surface area contributed by atoms with E-state index in [9.17, 15) is 0 Å². The van der Waals surface area contributed by atoms with Crippen LogP contribution in [-0.4, -0.2) is 13.1 Å². The lowest BCUT2D eigenvalue weighted by Gasteiger charge is -2.14. The Morgan fingerprint density at radius 2 is 1.93 bits per heavy atom. The van der Waals surface area contributed by atoms with Gasteiger partial charge < -0.3 is 5.32 Å². The Morgan fingerprint density at radius 1 is 1.14 bits per heavy atom. The molecule has 2 rings (SSSR count). The third kappa shape index (κ3) is 2.73. The second-order valence-corrected chi connectivity index (χ2v) is 5.37. The van der Waals surface area contributed by atoms with Crippen molar-refractivity contribution in [3.8, 4) is 0 Å². The van der Waals surface area contributed by atoms with E-state index in [4.69, 9.17) is 0 Å². The van der Waals surface area contributed by atoms with Gasteiger partial charge in [-0.3, -0.25) is 0 Å². The predicted molar refractivity (Wildman–Crippen MR) is 61.4 cm³/mol. The van der Waals surface area contributed by atoms with E-state index in [1.165, 1.54) is 64.5 Å². The highest BCUT2D eigenvalue weighted by molar-refractivity contribution is 5.04. The molecule has 0 amide bonds. The number of nitrogens with one attached hydrogen (secondary N) is 1. The fourth-order valence-electron chi connectivity index (χ4n) is 2.60. The van der Waals surface area contributed by atoms with Crippen molar-refractivity contribution in [1.82, 2.24) is 5.32 Å². The maximum atomic E-state index is 3.67. The summed E-state index contributed by atoms with van der Waals surface area (Å²) in [5, 5.41) is 3.67. The molecular weight excluding hydrogens is 170 g/mol. The Labute approximate surface area is 88.7 Å². The molecule has 1 nitrogen and oxygen atoms in total. The first-order valence-electron chi connectivity index (χ1n) is 6.58. The van der Waals surface area contributed by atoms with Gasteiger partial charge in [0.1, 0.15) is 0 Å². The highest BCUT2D eigenvalue weighted by Gasteiger charge is 2.52. The number of rotatable bonds is 8. The zero-order valence-corrected chi connectivity index (χ0v) is 9.65. The minimum Gasteiger partial charge on any atom is -0.316 e. The number of unbranched alkanes of at least 4 members (excludes halogenated alkanes) is 3. The lowest BCUT2D eigenvalue weighted by molar-refractivity contribution is 0.401. The summed E-state index contributed by atoms with van der Waals surface area (Å²) >= 11 is 0. The van der Waals surface area contributed by atoms with Crippen LogP contribution in [0, 0.1) is 11.3 Å². The van der Waals surface area contributed by atoms with Gasteiger partial charge in [0.05, 0.1) is 0 Å². The molecule has 0 spiro atoms. The van der Waals surface area contributed by atoms with Crippen LogP contribution in [0.1, 0.15) is 58.3 Å². The fourth-order valence-corrected chi connectivity index (χ4v) is 2.60. The van der Waals surface area contributed by atoms with Crippen LogP contribution in [-0.2, 0) is 0 Å². The molecule has 14 heavy (non-hydrogen) atoms. The molecule has 2 aliphatic rings. The smallest absolute Gasteiger partial charge is 0.00105 e. The summed E-state index contributed by atoms with van der Waals surface area (Å²) in [5.41, 5.74) is 0.796. The Morgan fingerprint density at radius 3 is 2.50 bits per heavy atom. The summed E-state index contributed by atoms with van der Waals surface area (Å²) in [5.74, 6) is 1.12. The van der Waals surface area contributed by atoms with Crippen LogP contribution in [0.2, 0.25) is 0 Å². The second-order valence-electron chi connectivity index (χ2n) is 5.37. The molecule has 2 fully saturated rings. The molecule has 0 bridgehead atoms. The van der Waals surface area contributed by atoms with Gasteiger partial charge in [-0.05, 0) is 50.0 Å². The maximum Gasteiger partial charge on any atom is 0.00105 e. The molecule has 0 saturated heterocycles. The van der Waals surface area contributed by atoms with Gasteiger partial charge in [0.2, 0.25) is 0 Å². The quantitative estimate of drug-likeness (QED) is 0.586. The summed E-state index contributed by atoms with van der Waals surface area (Å²) in [6, 6.07) is 0. The molecule has 1 heteroatoms. The van der Waals surface area contributed by atoms with Crippen LogP contribution in [0.4, 0.5) is 0 Å². The van der Waals surface area contributed by atoms with Crippen molar-refractivity contribution in [2.45, 2.75) is 58.3 Å². The molecule has 82 valence electrons. The minimum absolute atomic E-state index is 0.796. The molecule has 0 radical (unpaired) electrons. The molecule has 0 aromatic heterocycles. The molecule has 2 saturated carbocycles. The molecule has 2 aliphatic carbocycles. The average Bonchev–Trinajstić information content (AvgIpc) is 3.03. The maximum absolute atomic E-state index is 3.67. The van der Waals surface area contributed by atoms with Crippen LogP contribution < -0.4 is 5.32 Å². The van der Waals surface area contributed by atoms with Gasteiger partial charge >= 0.3 is 0 Å². The Bertz CT molecular complexity index is 168. The van der Waals surface area contributed by atoms with Gasteiger partial charge in [0.15, 0.2) is 0 Å². The molecule has 0 aromatic carbocycles. The summed E-state index contributed by atoms with van der Waals surface area (Å²) in [7, 11) is 0. The molecule has 0 unspecified atom stereocenters. The van der Waals surface area contributed by atoms with Crippen molar-refractivity contribution in [2.75, 3.05) is 13.1 Å². The summed E-state index contributed by atoms with van der Waals surface area (Å²) in [6.45, 7) is 4.86. The first-order valence-corrected chi connectivity index (χ1v) is 6.58. The van der Waals surface area contributed by atoms with E-state index in [0.717, 1.165) is 11.3 Å². The highest BCUT2D eigenvalue weighted by Crippen LogP contribution is 2.60. The lowest BCUT2D eigenvalue weighted by atomic mass is 10.0. The van der Waals surface area contributed by atoms with Crippen molar-refractivity contribution in [3.05, 3.63) is 0 Å². The van der Waals surface area contributed by atoms with Crippen LogP contribution in [0.25, 0.3) is 0 Å². The second kappa shape index (κ2) is 4.65. The van der Waals surface area contributed by atoms with Crippen LogP contribution in [0.15, 0.2) is 0 Å². The first kappa shape index (κ1) is 10.5. The zero-order chi connectivity index (χ0) is 9.86. The fraction of sp³-hybridized carbons (Fsp3) is 1.00. The number of hydrogen-bond acceptors (Lipinski definition) is 1. The van der Waals surface area contributed by atoms with Crippen LogP contribution >= 0.6 is 0 Å². The van der Waals surface area contributed by atoms with Crippen LogP contribution in [0.3, 0.4) is 0 Å². The average molecular weight is 195 g/mol. The van der Waals surface area contributed by atoms with Crippen molar-refractivity contribution in [1.29, 1.82) is 0 Å². The van der Waals surface area contributed by atoms with Gasteiger partial charge in [-0.25, -0.2) is 0 Å². The van der Waals surface area contributed by atoms with Gasteiger partial charge in [0.25, 0.3) is 0 Å². The number of hydrogen-bond donors (Lipinski definition) is 1. The molecule has 1 N–H and O–H groups in total. The van der Waals surface area contributed by atoms with Gasteiger partial charge in [0, 0.05) is 6.54 Å². The predicted octanol–water partition coefficient (Wildman–Crippen LogP) is 3.35. The third-order valence-electron chi connectivity index (χ3n) is 4.02. The van der Waals surface area contributed by atoms with Crippen molar-refractivity contribution < 1.29 is 0 Å². The van der Waals surface area contributed by atoms with E-state index in [2.05, 4.69) is 12.2 Å². The van der Waals surface area contributed by atoms with Gasteiger partial charge in [-0.2, -0.15) is 0 Å². The standard InChI is InChI=1S/C13H25N/c1-2-3-4-5-10-14-11-13(8-9-13)12-6-7-12/h12,14H,2-11H2,1H3. The normalized spacial score (nSPS) is 23.8. The van der Waals surface area contributed by atoms with E-state index in [1.807, 2.05) is 0 Å². The molecule has 0 heterocycles. The molecular formula is C13H25N. The summed E-state index contributed by atoms with van der Waals surface area (Å²) in [4.78, 5) is 0. The van der Waals surface area contributed by atoms with Gasteiger partial charge in [-0.15, -0.1) is 0 Å². The SMILES string of the molecule is CCCCCCNCC1(C2CC2)CC1. The van der Waals surface area contributed by atoms with E-state index in [-0.39, 0.29) is 0 Å². The van der Waals surface area contributed by atoms with Crippen molar-refractivity contribution in [2.24, 2.45) is 11.3 Å². The Balaban J connectivity index is 1.47. The van der Waals surface area contributed by atoms with E-state index in [1.54, 1.807) is 0 Å². The van der Waals surface area contributed by atoms with Crippen LogP contribution in [0.5, 0.6) is 0 Å². The topological polar surface area (TPSA) is 12.0 Å². The van der Waals surface area contributed by atoms with Crippen molar-refractivity contribution in [3.63, 3.8) is 0 Å². The third-order valence-corrected chi connectivity index (χ3v) is 4.02. The summed E-state index contributed by atoms with van der Waals surface area (Å²) in [6.07, 6.45) is 11.6. The highest BCUT2D eigenvalue weighted by atomic mass is 14.9. The first-order chi connectivity index (χ1) is 6.87. The molecule has 0 atom stereocenters. The molecule has 0 aliphatic heterocycles. The summed E-state index contributed by atoms with van der Waals surface area (Å²) < 4.78 is 0. The largest absolute Gasteiger partial charge is 0.316 e. The lowest BCUT2D eigenvalue weighted by Crippen LogP contribution is -2.26.